The number of nitrogens with one attached hydrogen (secondary N) is 1. The molecule has 128 valence electrons. The van der Waals surface area contributed by atoms with Crippen molar-refractivity contribution in [1.29, 1.82) is 0 Å². The summed E-state index contributed by atoms with van der Waals surface area (Å²) < 4.78 is 13.0. The second-order valence-corrected chi connectivity index (χ2v) is 7.64. The minimum Gasteiger partial charge on any atom is -0.394 e. The first-order valence-electron chi connectivity index (χ1n) is 7.61. The van der Waals surface area contributed by atoms with Crippen molar-refractivity contribution in [3.05, 3.63) is 18.0 Å². The lowest BCUT2D eigenvalue weighted by atomic mass is 10.2. The molecule has 0 radical (unpaired) electrons. The van der Waals surface area contributed by atoms with E-state index in [4.69, 9.17) is 0 Å². The van der Waals surface area contributed by atoms with Crippen LogP contribution >= 0.6 is 19.8 Å². The Labute approximate surface area is 144 Å². The van der Waals surface area contributed by atoms with Crippen molar-refractivity contribution in [3.63, 3.8) is 0 Å². The summed E-state index contributed by atoms with van der Waals surface area (Å²) in [5, 5.41) is 17.4. The molecular weight excluding hydrogens is 349 g/mol. The van der Waals surface area contributed by atoms with E-state index in [0.717, 1.165) is 18.4 Å². The largest absolute Gasteiger partial charge is 0.394 e. The molecule has 8 nitrogen and oxygen atoms in total. The van der Waals surface area contributed by atoms with E-state index in [9.17, 15) is 14.5 Å². The molecule has 2 aromatic rings. The van der Waals surface area contributed by atoms with Gasteiger partial charge in [0.05, 0.1) is 18.8 Å². The Kier molecular flexibility index (Phi) is 5.23. The molecule has 1 amide bonds. The van der Waals surface area contributed by atoms with Gasteiger partial charge in [-0.15, -0.1) is 0 Å². The van der Waals surface area contributed by atoms with Gasteiger partial charge in [0, 0.05) is 18.3 Å². The van der Waals surface area contributed by atoms with Gasteiger partial charge < -0.3 is 15.3 Å². The predicted molar refractivity (Wildman–Crippen MR) is 91.4 cm³/mol. The molecule has 2 aromatic heterocycles. The number of hydrogen-bond acceptors (Lipinski definition) is 7. The zero-order chi connectivity index (χ0) is 17.1. The van der Waals surface area contributed by atoms with E-state index in [1.165, 1.54) is 11.3 Å². The van der Waals surface area contributed by atoms with E-state index in [2.05, 4.69) is 15.4 Å². The fraction of sp³-hybridized carbons (Fsp3) is 0.500. The number of hydrogen-bond donors (Lipinski definition) is 2. The maximum Gasteiger partial charge on any atom is 0.244 e. The molecule has 0 bridgehead atoms. The second kappa shape index (κ2) is 7.38. The molecule has 1 atom stereocenters. The lowest BCUT2D eigenvalue weighted by Gasteiger charge is -2.22. The maximum atomic E-state index is 12.4. The standard InChI is InChI=1S/C14H18N5O3PS/c1-9-6-18(7-11(21)19-4-2-3-10(19)8-20)17-13(9)16-14-15-5-12(23-22)24-14/h5-6,10,20H,2-4,7-8H2,1H3,(H,15,16,17). The van der Waals surface area contributed by atoms with Gasteiger partial charge in [0.2, 0.25) is 14.4 Å². The highest BCUT2D eigenvalue weighted by molar-refractivity contribution is 7.48. The predicted octanol–water partition coefficient (Wildman–Crippen LogP) is 1.29. The van der Waals surface area contributed by atoms with Crippen LogP contribution in [0.25, 0.3) is 0 Å². The van der Waals surface area contributed by atoms with Gasteiger partial charge in [-0.25, -0.2) is 4.98 Å². The van der Waals surface area contributed by atoms with Crippen LogP contribution in [0.3, 0.4) is 0 Å². The molecule has 24 heavy (non-hydrogen) atoms. The Morgan fingerprint density at radius 2 is 2.42 bits per heavy atom. The molecule has 3 heterocycles. The summed E-state index contributed by atoms with van der Waals surface area (Å²) in [6.45, 7) is 2.72. The molecule has 3 rings (SSSR count). The third kappa shape index (κ3) is 3.63. The topological polar surface area (TPSA) is 100 Å². The Morgan fingerprint density at radius 1 is 1.58 bits per heavy atom. The summed E-state index contributed by atoms with van der Waals surface area (Å²) in [5.74, 6) is 0.577. The van der Waals surface area contributed by atoms with Gasteiger partial charge in [-0.3, -0.25) is 14.0 Å². The molecule has 0 spiro atoms. The third-order valence-corrected chi connectivity index (χ3v) is 5.47. The van der Waals surface area contributed by atoms with E-state index in [-0.39, 0.29) is 33.6 Å². The number of aromatic nitrogens is 3. The van der Waals surface area contributed by atoms with Crippen LogP contribution < -0.4 is 9.94 Å². The van der Waals surface area contributed by atoms with Gasteiger partial charge in [-0.2, -0.15) is 5.10 Å². The SMILES string of the molecule is Cc1cn(CC(=O)N2CCCC2CO)nc1Nc1ncc(P=O)s1. The van der Waals surface area contributed by atoms with E-state index < -0.39 is 0 Å². The summed E-state index contributed by atoms with van der Waals surface area (Å²) in [5.41, 5.74) is 0.888. The Morgan fingerprint density at radius 3 is 3.12 bits per heavy atom. The summed E-state index contributed by atoms with van der Waals surface area (Å²) in [4.78, 5) is 18.2. The molecule has 1 unspecified atom stereocenters. The van der Waals surface area contributed by atoms with Crippen molar-refractivity contribution in [1.82, 2.24) is 19.7 Å². The summed E-state index contributed by atoms with van der Waals surface area (Å²) >= 11 is 1.28. The molecule has 1 saturated heterocycles. The lowest BCUT2D eigenvalue weighted by Crippen LogP contribution is -2.39. The second-order valence-electron chi connectivity index (χ2n) is 5.64. The zero-order valence-electron chi connectivity index (χ0n) is 13.2. The number of amides is 1. The summed E-state index contributed by atoms with van der Waals surface area (Å²) in [6.07, 6.45) is 5.11. The van der Waals surface area contributed by atoms with Gasteiger partial charge >= 0.3 is 0 Å². The van der Waals surface area contributed by atoms with Crippen LogP contribution in [0.5, 0.6) is 0 Å². The van der Waals surface area contributed by atoms with Crippen molar-refractivity contribution in [2.45, 2.75) is 32.4 Å². The minimum atomic E-state index is -0.0771. The van der Waals surface area contributed by atoms with Crippen molar-refractivity contribution >= 4 is 41.3 Å². The number of likely N-dealkylation sites (tertiary alicyclic amines) is 1. The lowest BCUT2D eigenvalue weighted by molar-refractivity contribution is -0.133. The first-order chi connectivity index (χ1) is 11.6. The number of carbonyl (C=O) groups excluding carboxylic acids is 1. The number of thiazole rings is 1. The number of carbonyl (C=O) groups is 1. The molecule has 1 aliphatic rings. The number of aliphatic hydroxyl groups is 1. The van der Waals surface area contributed by atoms with Crippen LogP contribution in [0, 0.1) is 6.92 Å². The van der Waals surface area contributed by atoms with Gasteiger partial charge in [-0.05, 0) is 19.8 Å². The Bertz CT molecular complexity index is 747. The number of aryl methyl sites for hydroxylation is 1. The molecule has 10 heteroatoms. The van der Waals surface area contributed by atoms with E-state index in [1.807, 2.05) is 6.92 Å². The highest BCUT2D eigenvalue weighted by Gasteiger charge is 2.28. The van der Waals surface area contributed by atoms with Gasteiger partial charge in [0.15, 0.2) is 10.9 Å². The van der Waals surface area contributed by atoms with Gasteiger partial charge in [0.25, 0.3) is 0 Å². The quantitative estimate of drug-likeness (QED) is 0.747. The van der Waals surface area contributed by atoms with Crippen molar-refractivity contribution < 1.29 is 14.5 Å². The molecule has 2 N–H and O–H groups in total. The molecule has 0 saturated carbocycles. The highest BCUT2D eigenvalue weighted by Crippen LogP contribution is 2.22. The first kappa shape index (κ1) is 17.0. The average molecular weight is 367 g/mol. The van der Waals surface area contributed by atoms with E-state index in [1.54, 1.807) is 22.0 Å². The van der Waals surface area contributed by atoms with Crippen LogP contribution in [0.2, 0.25) is 0 Å². The van der Waals surface area contributed by atoms with E-state index in [0.29, 0.717) is 22.1 Å². The average Bonchev–Trinajstić information content (AvgIpc) is 3.28. The van der Waals surface area contributed by atoms with Crippen molar-refractivity contribution in [2.24, 2.45) is 0 Å². The first-order valence-corrected chi connectivity index (χ1v) is 9.24. The number of nitrogens with zero attached hydrogens (tertiary/aromatic N) is 4. The molecule has 0 aromatic carbocycles. The van der Waals surface area contributed by atoms with Crippen molar-refractivity contribution in [3.8, 4) is 0 Å². The van der Waals surface area contributed by atoms with Gasteiger partial charge in [-0.1, -0.05) is 11.3 Å². The molecular formula is C14H18N5O3PS. The summed E-state index contributed by atoms with van der Waals surface area (Å²) in [7, 11) is -0.0576. The fourth-order valence-electron chi connectivity index (χ4n) is 2.78. The number of aliphatic hydroxyl groups excluding tert-OH is 1. The maximum absolute atomic E-state index is 12.4. The highest BCUT2D eigenvalue weighted by atomic mass is 32.1. The Hall–Kier alpha value is -1.83. The monoisotopic (exact) mass is 367 g/mol. The van der Waals surface area contributed by atoms with Crippen LogP contribution in [0.1, 0.15) is 18.4 Å². The number of anilines is 2. The minimum absolute atomic E-state index is 0.00210. The van der Waals surface area contributed by atoms with Crippen molar-refractivity contribution in [2.75, 3.05) is 18.5 Å². The normalized spacial score (nSPS) is 17.6. The molecule has 1 fully saturated rings. The van der Waals surface area contributed by atoms with Crippen LogP contribution in [-0.2, 0) is 15.9 Å². The summed E-state index contributed by atoms with van der Waals surface area (Å²) in [6, 6.07) is -0.0771. The Balaban J connectivity index is 1.67. The molecule has 1 aliphatic heterocycles. The smallest absolute Gasteiger partial charge is 0.244 e. The van der Waals surface area contributed by atoms with Crippen LogP contribution in [-0.4, -0.2) is 49.9 Å². The zero-order valence-corrected chi connectivity index (χ0v) is 14.9. The van der Waals surface area contributed by atoms with Gasteiger partial charge in [0.1, 0.15) is 11.2 Å². The van der Waals surface area contributed by atoms with Crippen LogP contribution in [0.15, 0.2) is 12.4 Å². The number of rotatable bonds is 6. The third-order valence-electron chi connectivity index (χ3n) is 3.96. The fourth-order valence-corrected chi connectivity index (χ4v) is 3.85. The molecule has 0 aliphatic carbocycles. The van der Waals surface area contributed by atoms with E-state index >= 15 is 0 Å². The van der Waals surface area contributed by atoms with Crippen LogP contribution in [0.4, 0.5) is 10.9 Å².